The molecule has 2 heterocycles. The monoisotopic (exact) mass is 306 g/mol. The van der Waals surface area contributed by atoms with Gasteiger partial charge in [-0.15, -0.1) is 10.2 Å². The van der Waals surface area contributed by atoms with Crippen LogP contribution in [0.5, 0.6) is 0 Å². The fourth-order valence-electron chi connectivity index (χ4n) is 3.51. The van der Waals surface area contributed by atoms with Crippen LogP contribution in [0.3, 0.4) is 0 Å². The summed E-state index contributed by atoms with van der Waals surface area (Å²) >= 11 is 0. The van der Waals surface area contributed by atoms with Crippen LogP contribution in [-0.2, 0) is 29.0 Å². The SMILES string of the molecule is COCCC1(C(=O)NCc2nnc3n2CCCCC3)CCC1. The molecule has 1 fully saturated rings. The predicted octanol–water partition coefficient (Wildman–Crippen LogP) is 1.83. The van der Waals surface area contributed by atoms with Crippen LogP contribution >= 0.6 is 0 Å². The molecule has 1 N–H and O–H groups in total. The molecule has 122 valence electrons. The quantitative estimate of drug-likeness (QED) is 0.870. The first-order valence-electron chi connectivity index (χ1n) is 8.43. The molecule has 6 heteroatoms. The molecule has 0 radical (unpaired) electrons. The minimum Gasteiger partial charge on any atom is -0.385 e. The number of ether oxygens (including phenoxy) is 1. The number of hydrogen-bond donors (Lipinski definition) is 1. The van der Waals surface area contributed by atoms with Gasteiger partial charge in [-0.25, -0.2) is 0 Å². The van der Waals surface area contributed by atoms with E-state index in [2.05, 4.69) is 20.1 Å². The summed E-state index contributed by atoms with van der Waals surface area (Å²) in [5, 5.41) is 11.6. The standard InChI is InChI=1S/C16H26N4O2/c1-22-11-9-16(7-5-8-16)15(21)17-12-14-19-18-13-6-3-2-4-10-20(13)14/h2-12H2,1H3,(H,17,21). The van der Waals surface area contributed by atoms with E-state index in [-0.39, 0.29) is 11.3 Å². The molecule has 1 aliphatic heterocycles. The molecular formula is C16H26N4O2. The summed E-state index contributed by atoms with van der Waals surface area (Å²) in [7, 11) is 1.69. The molecule has 2 aliphatic rings. The number of carbonyl (C=O) groups is 1. The Bertz CT molecular complexity index is 522. The zero-order chi connectivity index (χ0) is 15.4. The highest BCUT2D eigenvalue weighted by Crippen LogP contribution is 2.44. The van der Waals surface area contributed by atoms with Crippen LogP contribution in [0.15, 0.2) is 0 Å². The van der Waals surface area contributed by atoms with Crippen molar-refractivity contribution in [1.29, 1.82) is 0 Å². The Kier molecular flexibility index (Phi) is 4.76. The highest BCUT2D eigenvalue weighted by molar-refractivity contribution is 5.83. The number of hydrogen-bond acceptors (Lipinski definition) is 4. The zero-order valence-corrected chi connectivity index (χ0v) is 13.4. The fraction of sp³-hybridized carbons (Fsp3) is 0.812. The number of amides is 1. The van der Waals surface area contributed by atoms with Crippen molar-refractivity contribution in [3.8, 4) is 0 Å². The van der Waals surface area contributed by atoms with Crippen molar-refractivity contribution < 1.29 is 9.53 Å². The third-order valence-corrected chi connectivity index (χ3v) is 5.17. The second-order valence-electron chi connectivity index (χ2n) is 6.55. The van der Waals surface area contributed by atoms with Crippen molar-refractivity contribution in [3.63, 3.8) is 0 Å². The summed E-state index contributed by atoms with van der Waals surface area (Å²) in [6.45, 7) is 2.11. The lowest BCUT2D eigenvalue weighted by atomic mass is 9.66. The Morgan fingerprint density at radius 1 is 1.27 bits per heavy atom. The predicted molar refractivity (Wildman–Crippen MR) is 82.2 cm³/mol. The first kappa shape index (κ1) is 15.5. The summed E-state index contributed by atoms with van der Waals surface area (Å²) in [6.07, 6.45) is 8.49. The van der Waals surface area contributed by atoms with E-state index < -0.39 is 0 Å². The van der Waals surface area contributed by atoms with Crippen molar-refractivity contribution >= 4 is 5.91 Å². The number of carbonyl (C=O) groups excluding carboxylic acids is 1. The number of nitrogens with one attached hydrogen (secondary N) is 1. The minimum atomic E-state index is -0.211. The zero-order valence-electron chi connectivity index (χ0n) is 13.4. The Hall–Kier alpha value is -1.43. The van der Waals surface area contributed by atoms with Crippen molar-refractivity contribution in [2.45, 2.75) is 64.5 Å². The van der Waals surface area contributed by atoms with Gasteiger partial charge in [0, 0.05) is 26.7 Å². The van der Waals surface area contributed by atoms with Gasteiger partial charge >= 0.3 is 0 Å². The highest BCUT2D eigenvalue weighted by Gasteiger charge is 2.43. The molecule has 1 saturated carbocycles. The lowest BCUT2D eigenvalue weighted by molar-refractivity contribution is -0.137. The Balaban J connectivity index is 1.60. The van der Waals surface area contributed by atoms with Gasteiger partial charge < -0.3 is 14.6 Å². The summed E-state index contributed by atoms with van der Waals surface area (Å²) < 4.78 is 7.35. The van der Waals surface area contributed by atoms with Gasteiger partial charge in [-0.3, -0.25) is 4.79 Å². The van der Waals surface area contributed by atoms with Gasteiger partial charge in [-0.05, 0) is 32.1 Å². The molecule has 3 rings (SSSR count). The van der Waals surface area contributed by atoms with E-state index in [0.717, 1.165) is 50.3 Å². The molecule has 0 saturated heterocycles. The van der Waals surface area contributed by atoms with E-state index in [9.17, 15) is 4.79 Å². The molecule has 1 aliphatic carbocycles. The van der Waals surface area contributed by atoms with Gasteiger partial charge in [-0.2, -0.15) is 0 Å². The van der Waals surface area contributed by atoms with Crippen LogP contribution in [0.2, 0.25) is 0 Å². The molecule has 22 heavy (non-hydrogen) atoms. The molecule has 1 amide bonds. The Morgan fingerprint density at radius 3 is 2.86 bits per heavy atom. The molecule has 1 aromatic heterocycles. The van der Waals surface area contributed by atoms with E-state index in [1.807, 2.05) is 0 Å². The van der Waals surface area contributed by atoms with E-state index in [1.165, 1.54) is 19.3 Å². The number of methoxy groups -OCH3 is 1. The van der Waals surface area contributed by atoms with Crippen LogP contribution in [-0.4, -0.2) is 34.4 Å². The van der Waals surface area contributed by atoms with Gasteiger partial charge in [0.1, 0.15) is 5.82 Å². The van der Waals surface area contributed by atoms with Crippen molar-refractivity contribution in [1.82, 2.24) is 20.1 Å². The van der Waals surface area contributed by atoms with Crippen LogP contribution < -0.4 is 5.32 Å². The van der Waals surface area contributed by atoms with Crippen LogP contribution in [0.25, 0.3) is 0 Å². The summed E-state index contributed by atoms with van der Waals surface area (Å²) in [6, 6.07) is 0. The maximum atomic E-state index is 12.6. The molecular weight excluding hydrogens is 280 g/mol. The average Bonchev–Trinajstić information content (AvgIpc) is 2.71. The smallest absolute Gasteiger partial charge is 0.226 e. The highest BCUT2D eigenvalue weighted by atomic mass is 16.5. The van der Waals surface area contributed by atoms with Gasteiger partial charge in [0.2, 0.25) is 5.91 Å². The number of aryl methyl sites for hydroxylation is 1. The van der Waals surface area contributed by atoms with Gasteiger partial charge in [-0.1, -0.05) is 12.8 Å². The number of fused-ring (bicyclic) bond motifs is 1. The van der Waals surface area contributed by atoms with E-state index in [0.29, 0.717) is 13.2 Å². The fourth-order valence-corrected chi connectivity index (χ4v) is 3.51. The third kappa shape index (κ3) is 3.02. The molecule has 6 nitrogen and oxygen atoms in total. The number of nitrogens with zero attached hydrogens (tertiary/aromatic N) is 3. The number of rotatable bonds is 6. The number of aromatic nitrogens is 3. The van der Waals surface area contributed by atoms with Gasteiger partial charge in [0.05, 0.1) is 12.0 Å². The summed E-state index contributed by atoms with van der Waals surface area (Å²) in [5.74, 6) is 2.12. The maximum absolute atomic E-state index is 12.6. The van der Waals surface area contributed by atoms with Crippen molar-refractivity contribution in [3.05, 3.63) is 11.6 Å². The molecule has 0 atom stereocenters. The Morgan fingerprint density at radius 2 is 2.14 bits per heavy atom. The Labute approximate surface area is 131 Å². The molecule has 0 unspecified atom stereocenters. The lowest BCUT2D eigenvalue weighted by Gasteiger charge is -2.40. The lowest BCUT2D eigenvalue weighted by Crippen LogP contribution is -2.46. The average molecular weight is 306 g/mol. The second-order valence-corrected chi connectivity index (χ2v) is 6.55. The normalized spacial score (nSPS) is 19.9. The van der Waals surface area contributed by atoms with Crippen molar-refractivity contribution in [2.24, 2.45) is 5.41 Å². The summed E-state index contributed by atoms with van der Waals surface area (Å²) in [5.41, 5.74) is -0.211. The molecule has 0 aromatic carbocycles. The second kappa shape index (κ2) is 6.77. The minimum absolute atomic E-state index is 0.154. The van der Waals surface area contributed by atoms with Gasteiger partial charge in [0.25, 0.3) is 0 Å². The van der Waals surface area contributed by atoms with Crippen LogP contribution in [0.1, 0.15) is 56.6 Å². The molecule has 0 spiro atoms. The largest absolute Gasteiger partial charge is 0.385 e. The summed E-state index contributed by atoms with van der Waals surface area (Å²) in [4.78, 5) is 12.6. The van der Waals surface area contributed by atoms with E-state index in [1.54, 1.807) is 7.11 Å². The van der Waals surface area contributed by atoms with E-state index >= 15 is 0 Å². The topological polar surface area (TPSA) is 69.0 Å². The van der Waals surface area contributed by atoms with Crippen LogP contribution in [0.4, 0.5) is 0 Å². The van der Waals surface area contributed by atoms with E-state index in [4.69, 9.17) is 4.74 Å². The maximum Gasteiger partial charge on any atom is 0.226 e. The van der Waals surface area contributed by atoms with Gasteiger partial charge in [0.15, 0.2) is 5.82 Å². The molecule has 0 bridgehead atoms. The first-order chi connectivity index (χ1) is 10.7. The van der Waals surface area contributed by atoms with Crippen LogP contribution in [0, 0.1) is 5.41 Å². The van der Waals surface area contributed by atoms with Crippen molar-refractivity contribution in [2.75, 3.05) is 13.7 Å². The first-order valence-corrected chi connectivity index (χ1v) is 8.43. The molecule has 1 aromatic rings. The third-order valence-electron chi connectivity index (χ3n) is 5.17.